The van der Waals surface area contributed by atoms with E-state index in [0.717, 1.165) is 17.0 Å². The van der Waals surface area contributed by atoms with Crippen LogP contribution in [0.15, 0.2) is 42.6 Å². The zero-order chi connectivity index (χ0) is 15.1. The Morgan fingerprint density at radius 2 is 2.14 bits per heavy atom. The highest BCUT2D eigenvalue weighted by molar-refractivity contribution is 5.93. The normalized spacial score (nSPS) is 10.0. The summed E-state index contributed by atoms with van der Waals surface area (Å²) in [4.78, 5) is 15.8. The molecular weight excluding hydrogens is 266 g/mol. The van der Waals surface area contributed by atoms with Crippen LogP contribution in [0.25, 0.3) is 0 Å². The average Bonchev–Trinajstić information content (AvgIpc) is 2.53. The van der Waals surface area contributed by atoms with E-state index in [1.807, 2.05) is 37.3 Å². The maximum Gasteiger partial charge on any atom is 0.269 e. The van der Waals surface area contributed by atoms with Gasteiger partial charge in [0.1, 0.15) is 11.4 Å². The van der Waals surface area contributed by atoms with Gasteiger partial charge >= 0.3 is 0 Å². The first-order valence-corrected chi connectivity index (χ1v) is 6.84. The van der Waals surface area contributed by atoms with Crippen molar-refractivity contribution in [1.82, 2.24) is 10.3 Å². The second-order valence-corrected chi connectivity index (χ2v) is 4.49. The lowest BCUT2D eigenvalue weighted by Crippen LogP contribution is -2.23. The summed E-state index contributed by atoms with van der Waals surface area (Å²) < 4.78 is 5.19. The van der Waals surface area contributed by atoms with Crippen molar-refractivity contribution in [2.45, 2.75) is 13.5 Å². The van der Waals surface area contributed by atoms with Gasteiger partial charge in [0.15, 0.2) is 0 Å². The van der Waals surface area contributed by atoms with Crippen molar-refractivity contribution in [3.63, 3.8) is 0 Å². The fourth-order valence-corrected chi connectivity index (χ4v) is 1.90. The topological polar surface area (TPSA) is 63.2 Å². The van der Waals surface area contributed by atoms with Crippen LogP contribution in [0.5, 0.6) is 5.75 Å². The Hall–Kier alpha value is -2.56. The molecule has 5 nitrogen and oxygen atoms in total. The molecule has 110 valence electrons. The smallest absolute Gasteiger partial charge is 0.269 e. The molecule has 0 aliphatic rings. The molecule has 1 aromatic carbocycles. The van der Waals surface area contributed by atoms with Crippen LogP contribution in [-0.2, 0) is 6.54 Å². The fourth-order valence-electron chi connectivity index (χ4n) is 1.90. The van der Waals surface area contributed by atoms with Gasteiger partial charge in [-0.3, -0.25) is 9.78 Å². The lowest BCUT2D eigenvalue weighted by Gasteiger charge is -2.09. The van der Waals surface area contributed by atoms with Crippen LogP contribution in [0, 0.1) is 0 Å². The minimum atomic E-state index is -0.164. The van der Waals surface area contributed by atoms with Gasteiger partial charge < -0.3 is 15.4 Å². The van der Waals surface area contributed by atoms with Gasteiger partial charge in [-0.05, 0) is 36.8 Å². The molecule has 0 aliphatic heterocycles. The summed E-state index contributed by atoms with van der Waals surface area (Å²) >= 11 is 0. The molecule has 0 spiro atoms. The molecule has 1 amide bonds. The molecule has 0 unspecified atom stereocenters. The number of methoxy groups -OCH3 is 1. The Kier molecular flexibility index (Phi) is 5.15. The van der Waals surface area contributed by atoms with Crippen molar-refractivity contribution >= 4 is 11.6 Å². The zero-order valence-corrected chi connectivity index (χ0v) is 12.2. The van der Waals surface area contributed by atoms with Crippen LogP contribution in [0.3, 0.4) is 0 Å². The summed E-state index contributed by atoms with van der Waals surface area (Å²) in [7, 11) is 1.65. The highest BCUT2D eigenvalue weighted by Crippen LogP contribution is 2.15. The Morgan fingerprint density at radius 1 is 1.29 bits per heavy atom. The first-order chi connectivity index (χ1) is 10.2. The third-order valence-corrected chi connectivity index (χ3v) is 2.96. The molecule has 2 aromatic rings. The quantitative estimate of drug-likeness (QED) is 0.855. The van der Waals surface area contributed by atoms with Gasteiger partial charge in [0, 0.05) is 25.0 Å². The number of hydrogen-bond donors (Lipinski definition) is 2. The van der Waals surface area contributed by atoms with E-state index in [0.29, 0.717) is 18.8 Å². The summed E-state index contributed by atoms with van der Waals surface area (Å²) in [6.45, 7) is 3.11. The third kappa shape index (κ3) is 4.21. The maximum atomic E-state index is 11.7. The largest absolute Gasteiger partial charge is 0.497 e. The summed E-state index contributed by atoms with van der Waals surface area (Å²) in [5.74, 6) is 0.662. The molecule has 2 N–H and O–H groups in total. The van der Waals surface area contributed by atoms with E-state index in [1.54, 1.807) is 19.4 Å². The van der Waals surface area contributed by atoms with Gasteiger partial charge in [-0.15, -0.1) is 0 Å². The van der Waals surface area contributed by atoms with Crippen LogP contribution < -0.4 is 15.4 Å². The second kappa shape index (κ2) is 7.28. The molecular formula is C16H19N3O2. The predicted molar refractivity (Wildman–Crippen MR) is 82.6 cm³/mol. The molecule has 0 saturated carbocycles. The molecule has 0 radical (unpaired) electrons. The summed E-state index contributed by atoms with van der Waals surface area (Å²) in [6.07, 6.45) is 1.62. The van der Waals surface area contributed by atoms with Crippen LogP contribution in [0.2, 0.25) is 0 Å². The number of carbonyl (C=O) groups excluding carboxylic acids is 1. The van der Waals surface area contributed by atoms with E-state index >= 15 is 0 Å². The van der Waals surface area contributed by atoms with Gasteiger partial charge in [-0.25, -0.2) is 0 Å². The van der Waals surface area contributed by atoms with Crippen LogP contribution in [-0.4, -0.2) is 24.5 Å². The number of rotatable bonds is 6. The van der Waals surface area contributed by atoms with E-state index in [9.17, 15) is 4.79 Å². The molecule has 0 saturated heterocycles. The van der Waals surface area contributed by atoms with Crippen molar-refractivity contribution < 1.29 is 9.53 Å². The first kappa shape index (κ1) is 14.8. The Labute approximate surface area is 124 Å². The van der Waals surface area contributed by atoms with Gasteiger partial charge in [-0.2, -0.15) is 0 Å². The summed E-state index contributed by atoms with van der Waals surface area (Å²) in [5, 5.41) is 6.01. The molecule has 0 atom stereocenters. The van der Waals surface area contributed by atoms with Crippen molar-refractivity contribution in [2.24, 2.45) is 0 Å². The number of aromatic nitrogens is 1. The first-order valence-electron chi connectivity index (χ1n) is 6.84. The lowest BCUT2D eigenvalue weighted by molar-refractivity contribution is 0.0951. The molecule has 2 rings (SSSR count). The van der Waals surface area contributed by atoms with Gasteiger partial charge in [0.05, 0.1) is 7.11 Å². The van der Waals surface area contributed by atoms with E-state index in [-0.39, 0.29) is 5.91 Å². The Bertz CT molecular complexity index is 614. The van der Waals surface area contributed by atoms with E-state index in [1.165, 1.54) is 0 Å². The number of hydrogen-bond acceptors (Lipinski definition) is 4. The summed E-state index contributed by atoms with van der Waals surface area (Å²) in [5.41, 5.74) is 2.37. The standard InChI is InChI=1S/C16H19N3O2/c1-3-17-16(20)15-10-13(7-8-18-15)19-11-12-5-4-6-14(9-12)21-2/h4-10H,3,11H2,1-2H3,(H,17,20)(H,18,19). The Balaban J connectivity index is 2.02. The zero-order valence-electron chi connectivity index (χ0n) is 12.2. The monoisotopic (exact) mass is 285 g/mol. The number of carbonyl (C=O) groups is 1. The Morgan fingerprint density at radius 3 is 2.90 bits per heavy atom. The van der Waals surface area contributed by atoms with Crippen molar-refractivity contribution in [2.75, 3.05) is 19.0 Å². The molecule has 5 heteroatoms. The van der Waals surface area contributed by atoms with Crippen molar-refractivity contribution in [1.29, 1.82) is 0 Å². The molecule has 0 bridgehead atoms. The highest BCUT2D eigenvalue weighted by atomic mass is 16.5. The number of nitrogens with zero attached hydrogens (tertiary/aromatic N) is 1. The second-order valence-electron chi connectivity index (χ2n) is 4.49. The van der Waals surface area contributed by atoms with E-state index in [2.05, 4.69) is 15.6 Å². The average molecular weight is 285 g/mol. The van der Waals surface area contributed by atoms with Crippen LogP contribution >= 0.6 is 0 Å². The SMILES string of the molecule is CCNC(=O)c1cc(NCc2cccc(OC)c2)ccn1. The van der Waals surface area contributed by atoms with Crippen LogP contribution in [0.4, 0.5) is 5.69 Å². The molecule has 1 heterocycles. The summed E-state index contributed by atoms with van der Waals surface area (Å²) in [6, 6.07) is 11.4. The van der Waals surface area contributed by atoms with Gasteiger partial charge in [0.25, 0.3) is 5.91 Å². The van der Waals surface area contributed by atoms with Gasteiger partial charge in [0.2, 0.25) is 0 Å². The minimum absolute atomic E-state index is 0.164. The minimum Gasteiger partial charge on any atom is -0.497 e. The number of amides is 1. The molecule has 0 aliphatic carbocycles. The van der Waals surface area contributed by atoms with Crippen molar-refractivity contribution in [3.8, 4) is 5.75 Å². The maximum absolute atomic E-state index is 11.7. The number of benzene rings is 1. The van der Waals surface area contributed by atoms with E-state index in [4.69, 9.17) is 4.74 Å². The third-order valence-electron chi connectivity index (χ3n) is 2.96. The molecule has 1 aromatic heterocycles. The van der Waals surface area contributed by atoms with Gasteiger partial charge in [-0.1, -0.05) is 12.1 Å². The van der Waals surface area contributed by atoms with Crippen LogP contribution in [0.1, 0.15) is 23.0 Å². The highest BCUT2D eigenvalue weighted by Gasteiger charge is 2.06. The number of pyridine rings is 1. The fraction of sp³-hybridized carbons (Fsp3) is 0.250. The number of nitrogens with one attached hydrogen (secondary N) is 2. The molecule has 0 fully saturated rings. The van der Waals surface area contributed by atoms with Crippen molar-refractivity contribution in [3.05, 3.63) is 53.9 Å². The number of ether oxygens (including phenoxy) is 1. The van der Waals surface area contributed by atoms with E-state index < -0.39 is 0 Å². The predicted octanol–water partition coefficient (Wildman–Crippen LogP) is 2.45. The molecule has 21 heavy (non-hydrogen) atoms. The number of anilines is 1. The lowest BCUT2D eigenvalue weighted by atomic mass is 10.2.